The SMILES string of the molecule is COC1CCC(C)(CCC(CCC(C)/C=C(\C)C(C)CC(=O)C(C)CC(C)/C=C/C=C/C=C(\C)C(CC2CCCC(C(=O)C=O)O2)OC)CC(=O)C2CCCCN2O)CC1. The Bertz CT molecular complexity index is 1460. The lowest BCUT2D eigenvalue weighted by Gasteiger charge is -2.38. The van der Waals surface area contributed by atoms with Crippen LogP contribution >= 0.6 is 0 Å². The first kappa shape index (κ1) is 51.8. The number of hydrogen-bond donors (Lipinski definition) is 1. The van der Waals surface area contributed by atoms with Crippen molar-refractivity contribution >= 4 is 23.6 Å². The summed E-state index contributed by atoms with van der Waals surface area (Å²) in [6.45, 7) is 15.8. The van der Waals surface area contributed by atoms with Gasteiger partial charge in [0.2, 0.25) is 5.78 Å². The van der Waals surface area contributed by atoms with Crippen molar-refractivity contribution in [2.24, 2.45) is 35.0 Å². The summed E-state index contributed by atoms with van der Waals surface area (Å²) in [6, 6.07) is -0.354. The highest BCUT2D eigenvalue weighted by molar-refractivity contribution is 6.27. The van der Waals surface area contributed by atoms with Crippen molar-refractivity contribution in [3.63, 3.8) is 0 Å². The highest BCUT2D eigenvalue weighted by Gasteiger charge is 2.34. The molecule has 2 saturated heterocycles. The van der Waals surface area contributed by atoms with E-state index in [1.54, 1.807) is 7.11 Å². The van der Waals surface area contributed by atoms with Crippen molar-refractivity contribution in [3.8, 4) is 0 Å². The average molecular weight is 838 g/mol. The zero-order chi connectivity index (χ0) is 44.2. The Balaban J connectivity index is 1.46. The minimum atomic E-state index is -0.635. The minimum Gasteiger partial charge on any atom is -0.381 e. The predicted molar refractivity (Wildman–Crippen MR) is 241 cm³/mol. The monoisotopic (exact) mass is 838 g/mol. The van der Waals surface area contributed by atoms with E-state index in [0.717, 1.165) is 82.6 Å². The van der Waals surface area contributed by atoms with Gasteiger partial charge in [0, 0.05) is 45.9 Å². The van der Waals surface area contributed by atoms with Crippen LogP contribution < -0.4 is 0 Å². The predicted octanol–water partition coefficient (Wildman–Crippen LogP) is 11.0. The molecule has 9 heteroatoms. The van der Waals surface area contributed by atoms with Crippen LogP contribution in [0.2, 0.25) is 0 Å². The van der Waals surface area contributed by atoms with Gasteiger partial charge in [-0.1, -0.05) is 76.6 Å². The number of hydroxylamine groups is 2. The molecule has 0 aromatic rings. The molecular formula is C51H83NO8. The number of piperidine rings is 1. The van der Waals surface area contributed by atoms with E-state index in [4.69, 9.17) is 14.2 Å². The van der Waals surface area contributed by atoms with Gasteiger partial charge in [-0.2, -0.15) is 5.06 Å². The van der Waals surface area contributed by atoms with Crippen LogP contribution in [0, 0.1) is 35.0 Å². The molecular weight excluding hydrogens is 755 g/mol. The minimum absolute atomic E-state index is 0.0296. The highest BCUT2D eigenvalue weighted by Crippen LogP contribution is 2.42. The molecule has 2 aliphatic heterocycles. The Kier molecular flexibility index (Phi) is 23.1. The van der Waals surface area contributed by atoms with Gasteiger partial charge in [0.05, 0.1) is 24.4 Å². The summed E-state index contributed by atoms with van der Waals surface area (Å²) in [5, 5.41) is 11.8. The zero-order valence-electron chi connectivity index (χ0n) is 39.0. The molecule has 0 aromatic carbocycles. The fourth-order valence-electron chi connectivity index (χ4n) is 9.66. The van der Waals surface area contributed by atoms with E-state index >= 15 is 0 Å². The number of nitrogens with zero attached hydrogens (tertiary/aromatic N) is 1. The molecule has 2 heterocycles. The van der Waals surface area contributed by atoms with Crippen molar-refractivity contribution in [2.75, 3.05) is 20.8 Å². The van der Waals surface area contributed by atoms with Gasteiger partial charge in [0.1, 0.15) is 11.9 Å². The third-order valence-electron chi connectivity index (χ3n) is 14.2. The summed E-state index contributed by atoms with van der Waals surface area (Å²) in [4.78, 5) is 49.6. The molecule has 0 spiro atoms. The first-order chi connectivity index (χ1) is 28.6. The molecule has 3 rings (SSSR count). The topological polar surface area (TPSA) is 119 Å². The fraction of sp³-hybridized carbons (Fsp3) is 0.765. The molecule has 0 bridgehead atoms. The molecule has 9 atom stereocenters. The normalized spacial score (nSPS) is 28.0. The third-order valence-corrected chi connectivity index (χ3v) is 14.2. The van der Waals surface area contributed by atoms with E-state index in [1.807, 2.05) is 38.3 Å². The van der Waals surface area contributed by atoms with Crippen molar-refractivity contribution in [3.05, 3.63) is 47.6 Å². The molecule has 1 N–H and O–H groups in total. The second kappa shape index (κ2) is 26.8. The lowest BCUT2D eigenvalue weighted by Crippen LogP contribution is -2.43. The van der Waals surface area contributed by atoms with Crippen LogP contribution in [0.3, 0.4) is 0 Å². The third kappa shape index (κ3) is 18.0. The molecule has 9 unspecified atom stereocenters. The molecule has 3 aliphatic rings. The summed E-state index contributed by atoms with van der Waals surface area (Å²) in [7, 11) is 3.50. The van der Waals surface area contributed by atoms with Crippen molar-refractivity contribution < 1.29 is 38.6 Å². The zero-order valence-corrected chi connectivity index (χ0v) is 39.0. The van der Waals surface area contributed by atoms with Gasteiger partial charge in [-0.25, -0.2) is 0 Å². The van der Waals surface area contributed by atoms with Gasteiger partial charge in [-0.15, -0.1) is 0 Å². The molecule has 340 valence electrons. The van der Waals surface area contributed by atoms with Gasteiger partial charge in [-0.3, -0.25) is 19.2 Å². The largest absolute Gasteiger partial charge is 0.381 e. The molecule has 1 aliphatic carbocycles. The van der Waals surface area contributed by atoms with Crippen LogP contribution in [0.25, 0.3) is 0 Å². The summed E-state index contributed by atoms with van der Waals surface area (Å²) in [6.07, 6.45) is 28.6. The summed E-state index contributed by atoms with van der Waals surface area (Å²) >= 11 is 0. The Morgan fingerprint density at radius 1 is 0.850 bits per heavy atom. The van der Waals surface area contributed by atoms with Crippen molar-refractivity contribution in [1.29, 1.82) is 0 Å². The van der Waals surface area contributed by atoms with Crippen LogP contribution in [0.5, 0.6) is 0 Å². The molecule has 1 saturated carbocycles. The lowest BCUT2D eigenvalue weighted by atomic mass is 9.70. The smallest absolute Gasteiger partial charge is 0.223 e. The Hall–Kier alpha value is -2.56. The second-order valence-electron chi connectivity index (χ2n) is 19.5. The van der Waals surface area contributed by atoms with Gasteiger partial charge >= 0.3 is 0 Å². The van der Waals surface area contributed by atoms with Crippen LogP contribution in [-0.2, 0) is 33.4 Å². The second-order valence-corrected chi connectivity index (χ2v) is 19.5. The van der Waals surface area contributed by atoms with E-state index in [9.17, 15) is 24.4 Å². The number of carbonyl (C=O) groups excluding carboxylic acids is 4. The lowest BCUT2D eigenvalue weighted by molar-refractivity contribution is -0.162. The molecule has 0 radical (unpaired) electrons. The number of allylic oxidation sites excluding steroid dienone is 7. The first-order valence-electron chi connectivity index (χ1n) is 23.5. The standard InChI is InChI=1S/C51H83NO8/c1-36(16-11-10-12-17-38(3)50(59-9)34-44-18-15-20-49(60-44)48(56)35-53)31-41(6)46(54)32-40(5)39(4)30-37(2)21-22-42(33-47(55)45-19-13-14-29-52(45)57)23-26-51(7)27-24-43(58-8)25-28-51/h10-12,16-17,30,35-37,40-45,49-50,57H,13-15,18-29,31-34H2,1-9H3/b12-10+,16-11+,38-17+,39-30+. The Morgan fingerprint density at radius 2 is 1.58 bits per heavy atom. The number of ketones is 3. The van der Waals surface area contributed by atoms with Crippen LogP contribution in [-0.4, -0.2) is 85.1 Å². The number of Topliss-reactive ketones (excluding diaryl/α,β-unsaturated/α-hetero) is 3. The fourth-order valence-corrected chi connectivity index (χ4v) is 9.66. The number of rotatable bonds is 26. The maximum absolute atomic E-state index is 13.5. The number of methoxy groups -OCH3 is 2. The summed E-state index contributed by atoms with van der Waals surface area (Å²) in [5.74, 6) is 1.08. The quantitative estimate of drug-likeness (QED) is 0.0393. The van der Waals surface area contributed by atoms with Gasteiger partial charge in [0.25, 0.3) is 0 Å². The molecule has 0 aromatic heterocycles. The van der Waals surface area contributed by atoms with Gasteiger partial charge in [0.15, 0.2) is 12.1 Å². The number of hydrogen-bond acceptors (Lipinski definition) is 9. The summed E-state index contributed by atoms with van der Waals surface area (Å²) < 4.78 is 17.3. The van der Waals surface area contributed by atoms with E-state index < -0.39 is 11.9 Å². The van der Waals surface area contributed by atoms with Gasteiger partial charge in [-0.05, 0) is 145 Å². The van der Waals surface area contributed by atoms with Crippen molar-refractivity contribution in [2.45, 2.75) is 194 Å². The highest BCUT2D eigenvalue weighted by atomic mass is 16.5. The van der Waals surface area contributed by atoms with Crippen LogP contribution in [0.15, 0.2) is 47.6 Å². The maximum Gasteiger partial charge on any atom is 0.223 e. The Labute approximate surface area is 364 Å². The number of carbonyl (C=O) groups is 4. The summed E-state index contributed by atoms with van der Waals surface area (Å²) in [5.41, 5.74) is 2.61. The Morgan fingerprint density at radius 3 is 2.25 bits per heavy atom. The van der Waals surface area contributed by atoms with E-state index in [0.29, 0.717) is 67.7 Å². The molecule has 3 fully saturated rings. The van der Waals surface area contributed by atoms with Crippen LogP contribution in [0.1, 0.15) is 164 Å². The van der Waals surface area contributed by atoms with Gasteiger partial charge < -0.3 is 19.4 Å². The number of ether oxygens (including phenoxy) is 3. The molecule has 60 heavy (non-hydrogen) atoms. The van der Waals surface area contributed by atoms with Crippen molar-refractivity contribution in [1.82, 2.24) is 5.06 Å². The van der Waals surface area contributed by atoms with E-state index in [2.05, 4.69) is 53.7 Å². The molecule has 0 amide bonds. The first-order valence-corrected chi connectivity index (χ1v) is 23.5. The maximum atomic E-state index is 13.5. The number of aldehydes is 1. The average Bonchev–Trinajstić information content (AvgIpc) is 3.23. The van der Waals surface area contributed by atoms with E-state index in [-0.39, 0.29) is 41.8 Å². The van der Waals surface area contributed by atoms with Crippen LogP contribution in [0.4, 0.5) is 0 Å². The van der Waals surface area contributed by atoms with E-state index in [1.165, 1.54) is 23.5 Å². The molecule has 9 nitrogen and oxygen atoms in total.